The van der Waals surface area contributed by atoms with E-state index >= 15 is 0 Å². The van der Waals surface area contributed by atoms with Gasteiger partial charge in [0.05, 0.1) is 22.1 Å². The quantitative estimate of drug-likeness (QED) is 0.141. The zero-order valence-corrected chi connectivity index (χ0v) is 51.9. The van der Waals surface area contributed by atoms with Crippen LogP contribution in [0.3, 0.4) is 0 Å². The van der Waals surface area contributed by atoms with Gasteiger partial charge in [0.2, 0.25) is 0 Å². The largest absolute Gasteiger partial charge is 2.00 e. The predicted molar refractivity (Wildman–Crippen MR) is 349 cm³/mol. The van der Waals surface area contributed by atoms with E-state index in [0.29, 0.717) is 0 Å². The van der Waals surface area contributed by atoms with Gasteiger partial charge in [-0.3, -0.25) is 0 Å². The van der Waals surface area contributed by atoms with Gasteiger partial charge in [-0.2, -0.15) is 36.4 Å². The topological polar surface area (TPSA) is 21.3 Å². The molecule has 400 valence electrons. The summed E-state index contributed by atoms with van der Waals surface area (Å²) in [7, 11) is 0. The van der Waals surface area contributed by atoms with Gasteiger partial charge in [0, 0.05) is 44.4 Å². The SMILES string of the molecule is Cc1[c-]c(-c2[c-]c(N(c3ccc(C)cc3)c3ccc4c(c3)c3cc(CC(c5ccc(C)cc5)c5cccc6c5oc5c(C)cccc56)cc5c3n4-c3ccccc3C53c4ccc5ccccc5c4-c4c3ccc3ccccc43)ccc2)ccc1.[U+2]. The Bertz CT molecular complexity index is 5150. The Balaban J connectivity index is 0.00000588. The van der Waals surface area contributed by atoms with Crippen LogP contribution >= 0.6 is 0 Å². The van der Waals surface area contributed by atoms with Crippen molar-refractivity contribution in [3.8, 4) is 27.9 Å². The van der Waals surface area contributed by atoms with Crippen molar-refractivity contribution in [1.82, 2.24) is 4.57 Å². The summed E-state index contributed by atoms with van der Waals surface area (Å²) in [6.07, 6.45) is 0.730. The third-order valence-corrected chi connectivity index (χ3v) is 18.6. The Kier molecular flexibility index (Phi) is 11.9. The molecule has 0 fully saturated rings. The summed E-state index contributed by atoms with van der Waals surface area (Å²) in [5, 5.41) is 9.75. The minimum Gasteiger partial charge on any atom is -0.455 e. The maximum atomic E-state index is 7.07. The molecule has 3 nitrogen and oxygen atoms in total. The smallest absolute Gasteiger partial charge is 0.455 e. The Hall–Kier alpha value is -9.17. The van der Waals surface area contributed by atoms with Crippen molar-refractivity contribution in [2.75, 3.05) is 4.90 Å². The van der Waals surface area contributed by atoms with Crippen LogP contribution in [0, 0.1) is 70.9 Å². The van der Waals surface area contributed by atoms with Crippen LogP contribution in [0.15, 0.2) is 253 Å². The Morgan fingerprint density at radius 2 is 1.07 bits per heavy atom. The van der Waals surface area contributed by atoms with Crippen LogP contribution in [0.2, 0.25) is 0 Å². The first-order chi connectivity index (χ1) is 41.3. The molecule has 0 saturated heterocycles. The van der Waals surface area contributed by atoms with E-state index in [1.54, 1.807) is 0 Å². The summed E-state index contributed by atoms with van der Waals surface area (Å²) >= 11 is 0. The molecule has 1 unspecified atom stereocenters. The van der Waals surface area contributed by atoms with Crippen LogP contribution in [-0.2, 0) is 11.8 Å². The van der Waals surface area contributed by atoms with E-state index in [1.807, 2.05) is 0 Å². The molecule has 1 aliphatic carbocycles. The molecule has 0 radical (unpaired) electrons. The molecule has 13 aromatic carbocycles. The summed E-state index contributed by atoms with van der Waals surface area (Å²) in [5.74, 6) is -0.0444. The second-order valence-electron chi connectivity index (χ2n) is 23.6. The van der Waals surface area contributed by atoms with Crippen molar-refractivity contribution in [2.24, 2.45) is 0 Å². The monoisotopic (exact) mass is 1310 g/mol. The number of benzene rings is 13. The van der Waals surface area contributed by atoms with Crippen molar-refractivity contribution in [3.63, 3.8) is 0 Å². The Labute approximate surface area is 518 Å². The van der Waals surface area contributed by atoms with Gasteiger partial charge in [0.1, 0.15) is 11.2 Å². The van der Waals surface area contributed by atoms with Crippen LogP contribution < -0.4 is 4.90 Å². The number of aromatic nitrogens is 1. The van der Waals surface area contributed by atoms with Crippen molar-refractivity contribution >= 4 is 82.4 Å². The minimum absolute atomic E-state index is 0. The van der Waals surface area contributed by atoms with Gasteiger partial charge in [-0.05, 0) is 147 Å². The van der Waals surface area contributed by atoms with Crippen LogP contribution in [-0.4, -0.2) is 4.57 Å². The maximum absolute atomic E-state index is 7.07. The Morgan fingerprint density at radius 1 is 0.459 bits per heavy atom. The van der Waals surface area contributed by atoms with Crippen LogP contribution in [0.5, 0.6) is 0 Å². The molecule has 1 spiro atoms. The number of hydrogen-bond acceptors (Lipinski definition) is 2. The minimum atomic E-state index is -0.692. The summed E-state index contributed by atoms with van der Waals surface area (Å²) in [5.41, 5.74) is 26.2. The molecule has 0 bridgehead atoms. The molecule has 1 aliphatic heterocycles. The molecule has 2 aliphatic rings. The third kappa shape index (κ3) is 7.71. The van der Waals surface area contributed by atoms with Crippen molar-refractivity contribution in [1.29, 1.82) is 0 Å². The molecule has 3 heterocycles. The fourth-order valence-electron chi connectivity index (χ4n) is 14.9. The first-order valence-electron chi connectivity index (χ1n) is 29.4. The Morgan fingerprint density at radius 3 is 1.80 bits per heavy atom. The number of furan rings is 1. The average Bonchev–Trinajstić information content (AvgIpc) is 1.57. The van der Waals surface area contributed by atoms with Gasteiger partial charge in [0.25, 0.3) is 0 Å². The van der Waals surface area contributed by atoms with E-state index in [-0.39, 0.29) is 37.0 Å². The van der Waals surface area contributed by atoms with Crippen molar-refractivity contribution < 1.29 is 35.5 Å². The van der Waals surface area contributed by atoms with Crippen LogP contribution in [0.1, 0.15) is 67.1 Å². The van der Waals surface area contributed by atoms with E-state index in [1.165, 1.54) is 110 Å². The van der Waals surface area contributed by atoms with Crippen molar-refractivity contribution in [3.05, 3.63) is 322 Å². The normalized spacial score (nSPS) is 13.2. The number of nitrogens with zero attached hydrogens (tertiary/aromatic N) is 2. The summed E-state index contributed by atoms with van der Waals surface area (Å²) in [4.78, 5) is 2.38. The summed E-state index contributed by atoms with van der Waals surface area (Å²) in [6.45, 7) is 8.60. The fourth-order valence-corrected chi connectivity index (χ4v) is 14.9. The number of para-hydroxylation sites is 3. The summed E-state index contributed by atoms with van der Waals surface area (Å²) < 4.78 is 9.66. The van der Waals surface area contributed by atoms with Gasteiger partial charge < -0.3 is 13.9 Å². The molecule has 0 amide bonds. The molecule has 17 rings (SSSR count). The van der Waals surface area contributed by atoms with E-state index in [2.05, 4.69) is 298 Å². The second-order valence-corrected chi connectivity index (χ2v) is 23.6. The van der Waals surface area contributed by atoms with Gasteiger partial charge in [-0.1, -0.05) is 188 Å². The number of fused-ring (bicyclic) bond motifs is 19. The molecule has 4 heteroatoms. The van der Waals surface area contributed by atoms with Gasteiger partial charge >= 0.3 is 31.1 Å². The van der Waals surface area contributed by atoms with Gasteiger partial charge in [-0.25, -0.2) is 11.1 Å². The van der Waals surface area contributed by atoms with Gasteiger partial charge in [-0.15, -0.1) is 17.7 Å². The number of anilines is 3. The number of aryl methyl sites for hydroxylation is 4. The van der Waals surface area contributed by atoms with E-state index in [4.69, 9.17) is 4.42 Å². The third-order valence-electron chi connectivity index (χ3n) is 18.6. The molecular formula is C81H56N2OU. The van der Waals surface area contributed by atoms with Crippen molar-refractivity contribution in [2.45, 2.75) is 45.4 Å². The molecule has 85 heavy (non-hydrogen) atoms. The molecule has 2 aromatic heterocycles. The maximum Gasteiger partial charge on any atom is 2.00 e. The van der Waals surface area contributed by atoms with Crippen LogP contribution in [0.25, 0.3) is 93.2 Å². The van der Waals surface area contributed by atoms with E-state index < -0.39 is 5.41 Å². The second kappa shape index (κ2) is 19.7. The van der Waals surface area contributed by atoms with E-state index in [9.17, 15) is 0 Å². The molecule has 0 N–H and O–H groups in total. The fraction of sp³-hybridized carbons (Fsp3) is 0.0864. The first-order valence-corrected chi connectivity index (χ1v) is 29.4. The first kappa shape index (κ1) is 51.5. The molecule has 15 aromatic rings. The zero-order chi connectivity index (χ0) is 55.9. The van der Waals surface area contributed by atoms with Gasteiger partial charge in [0.15, 0.2) is 0 Å². The summed E-state index contributed by atoms with van der Waals surface area (Å²) in [6, 6.07) is 101. The van der Waals surface area contributed by atoms with Crippen LogP contribution in [0.4, 0.5) is 17.1 Å². The number of rotatable bonds is 8. The number of hydrogen-bond donors (Lipinski definition) is 0. The zero-order valence-electron chi connectivity index (χ0n) is 47.8. The van der Waals surface area contributed by atoms with E-state index in [0.717, 1.165) is 67.7 Å². The molecule has 1 atom stereocenters. The average molecular weight is 1310 g/mol. The molecular weight excluding hydrogens is 1250 g/mol. The predicted octanol–water partition coefficient (Wildman–Crippen LogP) is 21.0. The standard InChI is InChI=1S/C81H56N2O.U/c1-49-29-33-56(34-30-49)67(66-26-14-25-65-64-24-12-16-52(4)79(64)84-80(65)66)44-53-45-69-68-48-61(82(59-37-31-50(2)32-38-59)60-21-13-20-58(47-60)57-19-11-15-51(3)43-57)39-42-74(68)83-75-28-10-9-27-70(75)81(73(46-53)78(69)83)71-40-35-54-17-5-7-22-62(54)76(71)77-63-23-8-6-18-55(63)36-41-72(77)81;/h5-42,45-46,48,67H,44H2,1-4H3;/q-2;+2. The molecule has 0 saturated carbocycles.